The van der Waals surface area contributed by atoms with Crippen molar-refractivity contribution in [3.05, 3.63) is 176 Å². The van der Waals surface area contributed by atoms with Crippen molar-refractivity contribution in [2.75, 3.05) is 0 Å². The minimum atomic E-state index is 0.985. The van der Waals surface area contributed by atoms with Crippen LogP contribution >= 0.6 is 0 Å². The smallest absolute Gasteiger partial charge is 0.0787 e. The van der Waals surface area contributed by atoms with Crippen LogP contribution in [0.2, 0.25) is 0 Å². The number of rotatable bonds is 4. The molecule has 0 saturated heterocycles. The molecule has 0 amide bonds. The lowest BCUT2D eigenvalue weighted by atomic mass is 9.85. The highest BCUT2D eigenvalue weighted by Crippen LogP contribution is 2.44. The van der Waals surface area contributed by atoms with E-state index >= 15 is 0 Å². The van der Waals surface area contributed by atoms with Gasteiger partial charge in [-0.15, -0.1) is 0 Å². The van der Waals surface area contributed by atoms with E-state index in [9.17, 15) is 0 Å². The Balaban J connectivity index is 1.21. The van der Waals surface area contributed by atoms with Crippen LogP contribution in [0.1, 0.15) is 0 Å². The molecule has 214 valence electrons. The van der Waals surface area contributed by atoms with E-state index in [1.54, 1.807) is 0 Å². The number of hydrogen-bond donors (Lipinski definition) is 0. The van der Waals surface area contributed by atoms with Crippen LogP contribution in [0, 0.1) is 0 Å². The van der Waals surface area contributed by atoms with Crippen molar-refractivity contribution >= 4 is 43.2 Å². The van der Waals surface area contributed by atoms with Gasteiger partial charge in [-0.25, -0.2) is 4.98 Å². The Kier molecular flexibility index (Phi) is 6.21. The molecule has 1 aromatic heterocycles. The first-order chi connectivity index (χ1) is 22.8. The maximum Gasteiger partial charge on any atom is 0.0787 e. The van der Waals surface area contributed by atoms with Gasteiger partial charge in [-0.05, 0) is 72.4 Å². The lowest BCUT2D eigenvalue weighted by Crippen LogP contribution is -1.91. The summed E-state index contributed by atoms with van der Waals surface area (Å²) in [6.07, 6.45) is 0. The standard InChI is InChI=1S/C45H29N/c1-3-12-33(13-4-1)43-38-17-9-10-18-39(38)44(34-14-5-2-6-15-34)41-29-36(25-27-40(41)43)30-19-22-32(23-20-30)42-28-26-35-24-21-31-11-7-8-16-37(31)45(35)46-42/h1-29H. The largest absolute Gasteiger partial charge is 0.247 e. The zero-order valence-electron chi connectivity index (χ0n) is 25.2. The minimum absolute atomic E-state index is 0.985. The highest BCUT2D eigenvalue weighted by atomic mass is 14.7. The van der Waals surface area contributed by atoms with E-state index in [-0.39, 0.29) is 0 Å². The van der Waals surface area contributed by atoms with Crippen molar-refractivity contribution in [1.82, 2.24) is 4.98 Å². The Hall–Kier alpha value is -6.05. The van der Waals surface area contributed by atoms with E-state index in [1.165, 1.54) is 65.7 Å². The monoisotopic (exact) mass is 583 g/mol. The molecule has 0 aliphatic heterocycles. The Morgan fingerprint density at radius 2 is 0.783 bits per heavy atom. The summed E-state index contributed by atoms with van der Waals surface area (Å²) in [7, 11) is 0. The molecule has 1 heteroatoms. The number of fused-ring (bicyclic) bond motifs is 5. The molecular formula is C45H29N. The van der Waals surface area contributed by atoms with Crippen LogP contribution in [-0.2, 0) is 0 Å². The molecule has 9 aromatic rings. The van der Waals surface area contributed by atoms with Crippen LogP contribution in [0.25, 0.3) is 87.9 Å². The molecule has 0 aliphatic rings. The summed E-state index contributed by atoms with van der Waals surface area (Å²) in [6, 6.07) is 63.4. The molecule has 0 N–H and O–H groups in total. The highest BCUT2D eigenvalue weighted by molar-refractivity contribution is 6.22. The van der Waals surface area contributed by atoms with Gasteiger partial charge in [-0.3, -0.25) is 0 Å². The Bertz CT molecular complexity index is 2550. The van der Waals surface area contributed by atoms with Gasteiger partial charge in [0, 0.05) is 16.3 Å². The van der Waals surface area contributed by atoms with Crippen LogP contribution in [0.3, 0.4) is 0 Å². The summed E-state index contributed by atoms with van der Waals surface area (Å²) in [5.74, 6) is 0. The van der Waals surface area contributed by atoms with Gasteiger partial charge in [0.2, 0.25) is 0 Å². The van der Waals surface area contributed by atoms with Gasteiger partial charge in [0.15, 0.2) is 0 Å². The summed E-state index contributed by atoms with van der Waals surface area (Å²) in [6.45, 7) is 0. The molecule has 8 aromatic carbocycles. The Morgan fingerprint density at radius 1 is 0.283 bits per heavy atom. The van der Waals surface area contributed by atoms with Gasteiger partial charge < -0.3 is 0 Å². The summed E-state index contributed by atoms with van der Waals surface area (Å²) in [4.78, 5) is 5.13. The molecule has 0 bridgehead atoms. The van der Waals surface area contributed by atoms with Crippen molar-refractivity contribution in [2.45, 2.75) is 0 Å². The maximum atomic E-state index is 5.13. The fraction of sp³-hybridized carbons (Fsp3) is 0. The Morgan fingerprint density at radius 3 is 1.48 bits per heavy atom. The number of hydrogen-bond acceptors (Lipinski definition) is 1. The fourth-order valence-corrected chi connectivity index (χ4v) is 7.04. The van der Waals surface area contributed by atoms with Gasteiger partial charge in [-0.2, -0.15) is 0 Å². The predicted octanol–water partition coefficient (Wildman–Crippen LogP) is 12.4. The van der Waals surface area contributed by atoms with Gasteiger partial charge in [0.1, 0.15) is 0 Å². The van der Waals surface area contributed by atoms with Crippen molar-refractivity contribution in [3.63, 3.8) is 0 Å². The third-order valence-corrected chi connectivity index (χ3v) is 9.25. The van der Waals surface area contributed by atoms with Crippen molar-refractivity contribution in [3.8, 4) is 44.6 Å². The molecular weight excluding hydrogens is 555 g/mol. The summed E-state index contributed by atoms with van der Waals surface area (Å²) in [5.41, 5.74) is 10.5. The summed E-state index contributed by atoms with van der Waals surface area (Å²) < 4.78 is 0. The normalized spacial score (nSPS) is 11.5. The van der Waals surface area contributed by atoms with Gasteiger partial charge in [0.25, 0.3) is 0 Å². The third kappa shape index (κ3) is 4.37. The topological polar surface area (TPSA) is 12.9 Å². The zero-order chi connectivity index (χ0) is 30.5. The van der Waals surface area contributed by atoms with Crippen LogP contribution in [-0.4, -0.2) is 4.98 Å². The summed E-state index contributed by atoms with van der Waals surface area (Å²) >= 11 is 0. The number of benzene rings is 8. The molecule has 9 rings (SSSR count). The number of aromatic nitrogens is 1. The van der Waals surface area contributed by atoms with Gasteiger partial charge in [0.05, 0.1) is 11.2 Å². The SMILES string of the molecule is c1ccc(-c2c3ccccc3c(-c3ccccc3)c3cc(-c4ccc(-c5ccc6ccc7ccccc7c6n5)cc4)ccc23)cc1. The lowest BCUT2D eigenvalue weighted by molar-refractivity contribution is 1.41. The van der Waals surface area contributed by atoms with Gasteiger partial charge >= 0.3 is 0 Å². The van der Waals surface area contributed by atoms with Gasteiger partial charge in [-0.1, -0.05) is 164 Å². The van der Waals surface area contributed by atoms with E-state index in [4.69, 9.17) is 4.98 Å². The summed E-state index contributed by atoms with van der Waals surface area (Å²) in [5, 5.41) is 8.61. The lowest BCUT2D eigenvalue weighted by Gasteiger charge is -2.18. The Labute approximate surface area is 268 Å². The first-order valence-corrected chi connectivity index (χ1v) is 15.8. The second-order valence-electron chi connectivity index (χ2n) is 11.9. The highest BCUT2D eigenvalue weighted by Gasteiger charge is 2.17. The van der Waals surface area contributed by atoms with E-state index < -0.39 is 0 Å². The predicted molar refractivity (Wildman–Crippen MR) is 196 cm³/mol. The molecule has 0 radical (unpaired) electrons. The third-order valence-electron chi connectivity index (χ3n) is 9.25. The van der Waals surface area contributed by atoms with E-state index in [0.717, 1.165) is 22.2 Å². The van der Waals surface area contributed by atoms with Crippen molar-refractivity contribution in [2.24, 2.45) is 0 Å². The van der Waals surface area contributed by atoms with Crippen LogP contribution in [0.15, 0.2) is 176 Å². The van der Waals surface area contributed by atoms with E-state index in [1.807, 2.05) is 0 Å². The molecule has 46 heavy (non-hydrogen) atoms. The van der Waals surface area contributed by atoms with Crippen molar-refractivity contribution < 1.29 is 0 Å². The van der Waals surface area contributed by atoms with Crippen molar-refractivity contribution in [1.29, 1.82) is 0 Å². The average molecular weight is 584 g/mol. The number of nitrogens with zero attached hydrogens (tertiary/aromatic N) is 1. The molecule has 0 aliphatic carbocycles. The molecule has 1 heterocycles. The minimum Gasteiger partial charge on any atom is -0.247 e. The molecule has 0 unspecified atom stereocenters. The fourth-order valence-electron chi connectivity index (χ4n) is 7.04. The van der Waals surface area contributed by atoms with Crippen LogP contribution in [0.5, 0.6) is 0 Å². The molecule has 0 fully saturated rings. The molecule has 1 nitrogen and oxygen atoms in total. The molecule has 0 atom stereocenters. The molecule has 0 spiro atoms. The van der Waals surface area contributed by atoms with Crippen LogP contribution < -0.4 is 0 Å². The first-order valence-electron chi connectivity index (χ1n) is 15.8. The second-order valence-corrected chi connectivity index (χ2v) is 11.9. The molecule has 0 saturated carbocycles. The second kappa shape index (κ2) is 10.8. The number of pyridine rings is 1. The van der Waals surface area contributed by atoms with Crippen LogP contribution in [0.4, 0.5) is 0 Å². The quantitative estimate of drug-likeness (QED) is 0.148. The zero-order valence-corrected chi connectivity index (χ0v) is 25.2. The maximum absolute atomic E-state index is 5.13. The first kappa shape index (κ1) is 26.4. The van der Waals surface area contributed by atoms with E-state index in [0.29, 0.717) is 0 Å². The average Bonchev–Trinajstić information content (AvgIpc) is 3.14. The van der Waals surface area contributed by atoms with E-state index in [2.05, 4.69) is 176 Å².